The van der Waals surface area contributed by atoms with Crippen LogP contribution in [0.4, 0.5) is 0 Å². The van der Waals surface area contributed by atoms with E-state index in [-0.39, 0.29) is 5.78 Å². The number of benzene rings is 1. The van der Waals surface area contributed by atoms with Crippen molar-refractivity contribution in [2.75, 3.05) is 0 Å². The fourth-order valence-electron chi connectivity index (χ4n) is 1.92. The Balaban J connectivity index is 2.01. The Morgan fingerprint density at radius 3 is 2.53 bits per heavy atom. The first kappa shape index (κ1) is 13.9. The molecule has 19 heavy (non-hydrogen) atoms. The minimum Gasteiger partial charge on any atom is -0.299 e. The van der Waals surface area contributed by atoms with Gasteiger partial charge in [-0.05, 0) is 58.6 Å². The second kappa shape index (κ2) is 6.11. The van der Waals surface area contributed by atoms with Gasteiger partial charge in [-0.3, -0.25) is 9.78 Å². The topological polar surface area (TPSA) is 30.0 Å². The molecule has 0 aliphatic heterocycles. The molecule has 0 bridgehead atoms. The third kappa shape index (κ3) is 4.00. The van der Waals surface area contributed by atoms with Gasteiger partial charge in [0.2, 0.25) is 0 Å². The molecule has 1 heterocycles. The summed E-state index contributed by atoms with van der Waals surface area (Å²) in [6.07, 6.45) is 2.58. The van der Waals surface area contributed by atoms with Crippen molar-refractivity contribution in [1.82, 2.24) is 4.98 Å². The molecule has 1 aromatic carbocycles. The Morgan fingerprint density at radius 1 is 1.11 bits per heavy atom. The number of nitrogens with zero attached hydrogens (tertiary/aromatic N) is 1. The number of pyridine rings is 1. The quantitative estimate of drug-likeness (QED) is 0.858. The monoisotopic (exact) mass is 317 g/mol. The predicted molar refractivity (Wildman–Crippen MR) is 80.3 cm³/mol. The van der Waals surface area contributed by atoms with Gasteiger partial charge in [-0.1, -0.05) is 18.2 Å². The van der Waals surface area contributed by atoms with E-state index in [4.69, 9.17) is 0 Å². The lowest BCUT2D eigenvalue weighted by atomic mass is 10.0. The van der Waals surface area contributed by atoms with Gasteiger partial charge in [-0.15, -0.1) is 0 Å². The molecule has 0 aliphatic rings. The second-order valence-electron chi connectivity index (χ2n) is 4.78. The van der Waals surface area contributed by atoms with Crippen molar-refractivity contribution in [3.05, 3.63) is 63.4 Å². The number of hydrogen-bond donors (Lipinski definition) is 0. The van der Waals surface area contributed by atoms with Crippen molar-refractivity contribution in [2.24, 2.45) is 0 Å². The molecule has 2 nitrogen and oxygen atoms in total. The summed E-state index contributed by atoms with van der Waals surface area (Å²) < 4.78 is 0.929. The summed E-state index contributed by atoms with van der Waals surface area (Å²) in [5, 5.41) is 0. The van der Waals surface area contributed by atoms with Gasteiger partial charge in [0.25, 0.3) is 0 Å². The van der Waals surface area contributed by atoms with Crippen LogP contribution in [0.3, 0.4) is 0 Å². The molecule has 0 aliphatic carbocycles. The van der Waals surface area contributed by atoms with Gasteiger partial charge < -0.3 is 0 Å². The standard InChI is InChI=1S/C16H16BrNO/c1-11-3-4-13(7-12(11)2)8-16(19)9-15-6-5-14(17)10-18-15/h3-7,10H,8-9H2,1-2H3. The van der Waals surface area contributed by atoms with Crippen LogP contribution in [-0.4, -0.2) is 10.8 Å². The first-order valence-electron chi connectivity index (χ1n) is 6.23. The van der Waals surface area contributed by atoms with Crippen LogP contribution in [0.2, 0.25) is 0 Å². The normalized spacial score (nSPS) is 10.5. The smallest absolute Gasteiger partial charge is 0.143 e. The lowest BCUT2D eigenvalue weighted by molar-refractivity contribution is -0.117. The van der Waals surface area contributed by atoms with Crippen molar-refractivity contribution in [1.29, 1.82) is 0 Å². The molecule has 1 aromatic heterocycles. The number of rotatable bonds is 4. The highest BCUT2D eigenvalue weighted by molar-refractivity contribution is 9.10. The molecule has 0 atom stereocenters. The Hall–Kier alpha value is -1.48. The summed E-state index contributed by atoms with van der Waals surface area (Å²) in [5.41, 5.74) is 4.38. The van der Waals surface area contributed by atoms with Gasteiger partial charge in [0.1, 0.15) is 5.78 Å². The number of ketones is 1. The SMILES string of the molecule is Cc1ccc(CC(=O)Cc2ccc(Br)cn2)cc1C. The Morgan fingerprint density at radius 2 is 1.89 bits per heavy atom. The van der Waals surface area contributed by atoms with Crippen LogP contribution in [0.25, 0.3) is 0 Å². The predicted octanol–water partition coefficient (Wildman–Crippen LogP) is 3.82. The highest BCUT2D eigenvalue weighted by atomic mass is 79.9. The van der Waals surface area contributed by atoms with Crippen molar-refractivity contribution < 1.29 is 4.79 Å². The molecular formula is C16H16BrNO. The van der Waals surface area contributed by atoms with Crippen LogP contribution in [0.5, 0.6) is 0 Å². The van der Waals surface area contributed by atoms with E-state index in [9.17, 15) is 4.79 Å². The van der Waals surface area contributed by atoms with E-state index in [2.05, 4.69) is 46.9 Å². The minimum absolute atomic E-state index is 0.193. The largest absolute Gasteiger partial charge is 0.299 e. The number of carbonyl (C=O) groups excluding carboxylic acids is 1. The average molecular weight is 318 g/mol. The molecule has 0 saturated carbocycles. The summed E-state index contributed by atoms with van der Waals surface area (Å²) in [6, 6.07) is 9.96. The fraction of sp³-hybridized carbons (Fsp3) is 0.250. The number of carbonyl (C=O) groups is 1. The molecular weight excluding hydrogens is 302 g/mol. The van der Waals surface area contributed by atoms with E-state index < -0.39 is 0 Å². The average Bonchev–Trinajstić information content (AvgIpc) is 2.37. The van der Waals surface area contributed by atoms with Crippen molar-refractivity contribution in [3.63, 3.8) is 0 Å². The summed E-state index contributed by atoms with van der Waals surface area (Å²) >= 11 is 3.33. The maximum absolute atomic E-state index is 12.0. The third-order valence-electron chi connectivity index (χ3n) is 3.14. The number of hydrogen-bond acceptors (Lipinski definition) is 2. The zero-order chi connectivity index (χ0) is 13.8. The molecule has 0 unspecified atom stereocenters. The molecule has 2 aromatic rings. The third-order valence-corrected chi connectivity index (χ3v) is 3.61. The summed E-state index contributed by atoms with van der Waals surface area (Å²) in [6.45, 7) is 4.15. The number of Topliss-reactive ketones (excluding diaryl/α,β-unsaturated/α-hetero) is 1. The number of aromatic nitrogens is 1. The molecule has 0 N–H and O–H groups in total. The lowest BCUT2D eigenvalue weighted by Gasteiger charge is -2.05. The zero-order valence-corrected chi connectivity index (χ0v) is 12.7. The van der Waals surface area contributed by atoms with Gasteiger partial charge in [-0.25, -0.2) is 0 Å². The van der Waals surface area contributed by atoms with E-state index >= 15 is 0 Å². The molecule has 0 spiro atoms. The maximum Gasteiger partial charge on any atom is 0.143 e. The van der Waals surface area contributed by atoms with Crippen LogP contribution in [0.15, 0.2) is 41.0 Å². The van der Waals surface area contributed by atoms with Crippen molar-refractivity contribution in [2.45, 2.75) is 26.7 Å². The molecule has 2 rings (SSSR count). The molecule has 0 fully saturated rings. The maximum atomic E-state index is 12.0. The summed E-state index contributed by atoms with van der Waals surface area (Å²) in [5.74, 6) is 0.193. The molecule has 3 heteroatoms. The first-order valence-corrected chi connectivity index (χ1v) is 7.02. The van der Waals surface area contributed by atoms with Crippen molar-refractivity contribution >= 4 is 21.7 Å². The highest BCUT2D eigenvalue weighted by Crippen LogP contribution is 2.12. The molecule has 0 amide bonds. The zero-order valence-electron chi connectivity index (χ0n) is 11.1. The van der Waals surface area contributed by atoms with Gasteiger partial charge in [0.15, 0.2) is 0 Å². The van der Waals surface area contributed by atoms with Gasteiger partial charge in [0, 0.05) is 29.2 Å². The molecule has 0 radical (unpaired) electrons. The van der Waals surface area contributed by atoms with E-state index in [0.29, 0.717) is 12.8 Å². The van der Waals surface area contributed by atoms with Crippen LogP contribution in [0.1, 0.15) is 22.4 Å². The molecule has 0 saturated heterocycles. The van der Waals surface area contributed by atoms with Gasteiger partial charge in [-0.2, -0.15) is 0 Å². The van der Waals surface area contributed by atoms with Crippen LogP contribution in [-0.2, 0) is 17.6 Å². The fourth-order valence-corrected chi connectivity index (χ4v) is 2.15. The highest BCUT2D eigenvalue weighted by Gasteiger charge is 2.07. The van der Waals surface area contributed by atoms with Crippen molar-refractivity contribution in [3.8, 4) is 0 Å². The first-order chi connectivity index (χ1) is 9.04. The summed E-state index contributed by atoms with van der Waals surface area (Å²) in [4.78, 5) is 16.2. The lowest BCUT2D eigenvalue weighted by Crippen LogP contribution is -2.08. The minimum atomic E-state index is 0.193. The van der Waals surface area contributed by atoms with Crippen LogP contribution < -0.4 is 0 Å². The van der Waals surface area contributed by atoms with E-state index in [1.807, 2.05) is 18.2 Å². The van der Waals surface area contributed by atoms with Crippen LogP contribution >= 0.6 is 15.9 Å². The number of halogens is 1. The molecule has 98 valence electrons. The van der Waals surface area contributed by atoms with Gasteiger partial charge in [0.05, 0.1) is 0 Å². The Bertz CT molecular complexity index is 590. The van der Waals surface area contributed by atoms with E-state index in [1.165, 1.54) is 11.1 Å². The van der Waals surface area contributed by atoms with Gasteiger partial charge >= 0.3 is 0 Å². The second-order valence-corrected chi connectivity index (χ2v) is 5.69. The van der Waals surface area contributed by atoms with E-state index in [0.717, 1.165) is 15.7 Å². The van der Waals surface area contributed by atoms with Crippen LogP contribution in [0, 0.1) is 13.8 Å². The Labute approximate surface area is 122 Å². The number of aryl methyl sites for hydroxylation is 2. The Kier molecular flexibility index (Phi) is 4.48. The summed E-state index contributed by atoms with van der Waals surface area (Å²) in [7, 11) is 0. The van der Waals surface area contributed by atoms with E-state index in [1.54, 1.807) is 6.20 Å².